The van der Waals surface area contributed by atoms with Gasteiger partial charge in [-0.2, -0.15) is 0 Å². The number of alkyl halides is 1. The van der Waals surface area contributed by atoms with Crippen LogP contribution in [-0.2, 0) is 4.79 Å². The van der Waals surface area contributed by atoms with Crippen molar-refractivity contribution in [2.75, 3.05) is 4.90 Å². The van der Waals surface area contributed by atoms with E-state index in [1.807, 2.05) is 23.1 Å². The Hall–Kier alpha value is -0.730. The summed E-state index contributed by atoms with van der Waals surface area (Å²) in [7, 11) is 0. The highest BCUT2D eigenvalue weighted by atomic mass is 35.5. The third kappa shape index (κ3) is 2.61. The molecule has 0 radical (unpaired) electrons. The molecule has 1 aromatic rings. The molecule has 0 aliphatic carbocycles. The molecule has 1 heterocycles. The summed E-state index contributed by atoms with van der Waals surface area (Å²) < 4.78 is 0. The number of hydrogen-bond donors (Lipinski definition) is 0. The highest BCUT2D eigenvalue weighted by Crippen LogP contribution is 2.44. The molecular formula is C15H19Cl2NO. The average Bonchev–Trinajstić information content (AvgIpc) is 2.26. The third-order valence-corrected chi connectivity index (χ3v) is 4.16. The molecule has 0 unspecified atom stereocenters. The topological polar surface area (TPSA) is 20.3 Å². The molecule has 0 bridgehead atoms. The van der Waals surface area contributed by atoms with Crippen LogP contribution in [-0.4, -0.2) is 16.8 Å². The number of anilines is 1. The van der Waals surface area contributed by atoms with E-state index in [1.165, 1.54) is 0 Å². The molecule has 1 aromatic carbocycles. The Morgan fingerprint density at radius 2 is 2.11 bits per heavy atom. The second-order valence-corrected chi connectivity index (χ2v) is 7.00. The van der Waals surface area contributed by atoms with Crippen LogP contribution in [0.5, 0.6) is 0 Å². The van der Waals surface area contributed by atoms with Gasteiger partial charge in [0, 0.05) is 16.2 Å². The normalized spacial score (nSPS) is 22.8. The van der Waals surface area contributed by atoms with E-state index in [0.717, 1.165) is 17.7 Å². The number of halogens is 2. The zero-order chi connectivity index (χ0) is 14.4. The van der Waals surface area contributed by atoms with Crippen LogP contribution < -0.4 is 4.90 Å². The molecule has 0 saturated heterocycles. The first kappa shape index (κ1) is 14.7. The number of nitrogens with zero attached hydrogens (tertiary/aromatic N) is 1. The van der Waals surface area contributed by atoms with Crippen molar-refractivity contribution >= 4 is 34.8 Å². The van der Waals surface area contributed by atoms with Gasteiger partial charge in [-0.05, 0) is 50.8 Å². The third-order valence-electron chi connectivity index (χ3n) is 3.74. The molecule has 0 saturated carbocycles. The van der Waals surface area contributed by atoms with Gasteiger partial charge in [-0.25, -0.2) is 0 Å². The summed E-state index contributed by atoms with van der Waals surface area (Å²) >= 11 is 12.1. The van der Waals surface area contributed by atoms with Crippen LogP contribution in [0.4, 0.5) is 5.69 Å². The van der Waals surface area contributed by atoms with Gasteiger partial charge in [-0.3, -0.25) is 4.79 Å². The minimum Gasteiger partial charge on any atom is -0.305 e. The van der Waals surface area contributed by atoms with Crippen LogP contribution in [0.25, 0.3) is 0 Å². The van der Waals surface area contributed by atoms with Crippen molar-refractivity contribution in [1.29, 1.82) is 0 Å². The van der Waals surface area contributed by atoms with Crippen LogP contribution >= 0.6 is 23.2 Å². The SMILES string of the molecule is C[C@H](Cl)C(=O)N1c2cc(Cl)ccc2[C@@H](C)CC1(C)C. The van der Waals surface area contributed by atoms with Crippen molar-refractivity contribution in [3.8, 4) is 0 Å². The highest BCUT2D eigenvalue weighted by molar-refractivity contribution is 6.33. The molecule has 2 rings (SSSR count). The quantitative estimate of drug-likeness (QED) is 0.695. The van der Waals surface area contributed by atoms with E-state index in [0.29, 0.717) is 10.9 Å². The number of benzene rings is 1. The predicted molar refractivity (Wildman–Crippen MR) is 81.4 cm³/mol. The van der Waals surface area contributed by atoms with Gasteiger partial charge in [-0.1, -0.05) is 24.6 Å². The van der Waals surface area contributed by atoms with Gasteiger partial charge in [0.2, 0.25) is 5.91 Å². The molecule has 19 heavy (non-hydrogen) atoms. The summed E-state index contributed by atoms with van der Waals surface area (Å²) in [6.07, 6.45) is 0.914. The van der Waals surface area contributed by atoms with E-state index in [1.54, 1.807) is 6.92 Å². The molecule has 1 amide bonds. The van der Waals surface area contributed by atoms with Crippen LogP contribution in [0.2, 0.25) is 5.02 Å². The number of rotatable bonds is 1. The average molecular weight is 300 g/mol. The van der Waals surface area contributed by atoms with Crippen LogP contribution in [0.15, 0.2) is 18.2 Å². The lowest BCUT2D eigenvalue weighted by Gasteiger charge is -2.46. The number of amides is 1. The second-order valence-electron chi connectivity index (χ2n) is 5.91. The first-order valence-corrected chi connectivity index (χ1v) is 7.33. The van der Waals surface area contributed by atoms with E-state index < -0.39 is 5.38 Å². The fourth-order valence-electron chi connectivity index (χ4n) is 3.00. The molecule has 1 aliphatic heterocycles. The second kappa shape index (κ2) is 4.99. The molecule has 2 atom stereocenters. The lowest BCUT2D eigenvalue weighted by Crippen LogP contribution is -2.53. The molecule has 1 aliphatic rings. The summed E-state index contributed by atoms with van der Waals surface area (Å²) in [5, 5.41) is 0.100. The first-order chi connectivity index (χ1) is 8.74. The summed E-state index contributed by atoms with van der Waals surface area (Å²) in [6.45, 7) is 8.04. The first-order valence-electron chi connectivity index (χ1n) is 6.51. The fourth-order valence-corrected chi connectivity index (χ4v) is 3.26. The Labute approximate surface area is 124 Å². The smallest absolute Gasteiger partial charge is 0.245 e. The lowest BCUT2D eigenvalue weighted by atomic mass is 9.80. The Morgan fingerprint density at radius 3 is 2.68 bits per heavy atom. The van der Waals surface area contributed by atoms with Crippen LogP contribution in [0.1, 0.15) is 45.6 Å². The Kier molecular flexibility index (Phi) is 3.85. The highest BCUT2D eigenvalue weighted by Gasteiger charge is 2.40. The fraction of sp³-hybridized carbons (Fsp3) is 0.533. The van der Waals surface area contributed by atoms with Crippen molar-refractivity contribution in [1.82, 2.24) is 0 Å². The number of carbonyl (C=O) groups is 1. The largest absolute Gasteiger partial charge is 0.305 e. The van der Waals surface area contributed by atoms with Crippen LogP contribution in [0, 0.1) is 0 Å². The maximum absolute atomic E-state index is 12.4. The van der Waals surface area contributed by atoms with Gasteiger partial charge in [0.25, 0.3) is 0 Å². The molecular weight excluding hydrogens is 281 g/mol. The predicted octanol–water partition coefficient (Wildman–Crippen LogP) is 4.59. The van der Waals surface area contributed by atoms with E-state index in [9.17, 15) is 4.79 Å². The molecule has 104 valence electrons. The molecule has 2 nitrogen and oxygen atoms in total. The van der Waals surface area contributed by atoms with Crippen molar-refractivity contribution in [2.24, 2.45) is 0 Å². The Bertz CT molecular complexity index is 511. The zero-order valence-electron chi connectivity index (χ0n) is 11.7. The molecule has 4 heteroatoms. The van der Waals surface area contributed by atoms with E-state index in [2.05, 4.69) is 20.8 Å². The van der Waals surface area contributed by atoms with Gasteiger partial charge in [-0.15, -0.1) is 11.6 Å². The van der Waals surface area contributed by atoms with E-state index in [-0.39, 0.29) is 11.4 Å². The number of carbonyl (C=O) groups excluding carboxylic acids is 1. The van der Waals surface area contributed by atoms with Gasteiger partial charge in [0.05, 0.1) is 0 Å². The summed E-state index contributed by atoms with van der Waals surface area (Å²) in [5.74, 6) is 0.332. The lowest BCUT2D eigenvalue weighted by molar-refractivity contribution is -0.119. The summed E-state index contributed by atoms with van der Waals surface area (Å²) in [6, 6.07) is 5.75. The van der Waals surface area contributed by atoms with Crippen molar-refractivity contribution < 1.29 is 4.79 Å². The molecule has 0 fully saturated rings. The van der Waals surface area contributed by atoms with Crippen LogP contribution in [0.3, 0.4) is 0 Å². The maximum atomic E-state index is 12.4. The minimum absolute atomic E-state index is 0.0675. The maximum Gasteiger partial charge on any atom is 0.245 e. The zero-order valence-corrected chi connectivity index (χ0v) is 13.2. The summed E-state index contributed by atoms with van der Waals surface area (Å²) in [5.41, 5.74) is 1.81. The van der Waals surface area contributed by atoms with Gasteiger partial charge < -0.3 is 4.90 Å². The van der Waals surface area contributed by atoms with Crippen molar-refractivity contribution in [2.45, 2.75) is 50.9 Å². The standard InChI is InChI=1S/C15H19Cl2NO/c1-9-8-15(3,4)18(14(19)10(2)16)13-7-11(17)5-6-12(9)13/h5-7,9-10H,8H2,1-4H3/t9-,10-/m0/s1. The van der Waals surface area contributed by atoms with Gasteiger partial charge in [0.1, 0.15) is 5.38 Å². The Morgan fingerprint density at radius 1 is 1.47 bits per heavy atom. The number of fused-ring (bicyclic) bond motifs is 1. The number of hydrogen-bond acceptors (Lipinski definition) is 1. The summed E-state index contributed by atoms with van der Waals surface area (Å²) in [4.78, 5) is 14.3. The molecule has 0 N–H and O–H groups in total. The minimum atomic E-state index is -0.542. The monoisotopic (exact) mass is 299 g/mol. The van der Waals surface area contributed by atoms with E-state index in [4.69, 9.17) is 23.2 Å². The van der Waals surface area contributed by atoms with Crippen molar-refractivity contribution in [3.05, 3.63) is 28.8 Å². The van der Waals surface area contributed by atoms with Crippen molar-refractivity contribution in [3.63, 3.8) is 0 Å². The van der Waals surface area contributed by atoms with Gasteiger partial charge in [0.15, 0.2) is 0 Å². The Balaban J connectivity index is 2.60. The molecule has 0 spiro atoms. The van der Waals surface area contributed by atoms with Gasteiger partial charge >= 0.3 is 0 Å². The van der Waals surface area contributed by atoms with E-state index >= 15 is 0 Å². The molecule has 0 aromatic heterocycles.